The zero-order chi connectivity index (χ0) is 36.1. The number of carbonyl (C=O) groups is 3. The molecule has 9 atom stereocenters. The first-order valence-corrected chi connectivity index (χ1v) is 17.4. The van der Waals surface area contributed by atoms with Gasteiger partial charge in [0.2, 0.25) is 0 Å². The molecular formula is C36H53BN6O6. The number of rotatable bonds is 8. The fourth-order valence-electron chi connectivity index (χ4n) is 7.22. The fourth-order valence-corrected chi connectivity index (χ4v) is 7.22. The molecule has 0 bridgehead atoms. The Morgan fingerprint density at radius 3 is 2.57 bits per heavy atom. The summed E-state index contributed by atoms with van der Waals surface area (Å²) in [6.45, 7) is 14.4. The lowest BCUT2D eigenvalue weighted by molar-refractivity contribution is -0.170. The summed E-state index contributed by atoms with van der Waals surface area (Å²) in [6.07, 6.45) is 5.55. The number of carbonyl (C=O) groups excluding carboxylic acids is 3. The van der Waals surface area contributed by atoms with Crippen molar-refractivity contribution in [1.82, 2.24) is 25.2 Å². The number of esters is 1. The number of methoxy groups -OCH3 is 1. The molecule has 266 valence electrons. The first-order valence-electron chi connectivity index (χ1n) is 17.4. The molecule has 0 spiro atoms. The lowest BCUT2D eigenvalue weighted by Crippen LogP contribution is -2.60. The summed E-state index contributed by atoms with van der Waals surface area (Å²) in [5.41, 5.74) is 6.96. The molecule has 2 saturated heterocycles. The van der Waals surface area contributed by atoms with Gasteiger partial charge in [0.25, 0.3) is 0 Å². The van der Waals surface area contributed by atoms with Gasteiger partial charge in [-0.3, -0.25) is 14.5 Å². The van der Waals surface area contributed by atoms with E-state index in [9.17, 15) is 14.4 Å². The van der Waals surface area contributed by atoms with Crippen LogP contribution in [0.5, 0.6) is 0 Å². The molecular weight excluding hydrogens is 623 g/mol. The number of fused-ring (bicyclic) bond motifs is 1. The fraction of sp³-hybridized carbons (Fsp3) is 0.639. The van der Waals surface area contributed by atoms with Gasteiger partial charge in [0.1, 0.15) is 23.5 Å². The van der Waals surface area contributed by atoms with Gasteiger partial charge < -0.3 is 25.3 Å². The number of hydrogen-bond acceptors (Lipinski definition) is 10. The highest BCUT2D eigenvalue weighted by Gasteiger charge is 2.58. The first kappa shape index (κ1) is 38.1. The number of allylic oxidation sites excluding steroid dienone is 1. The average molecular weight is 677 g/mol. The highest BCUT2D eigenvalue weighted by atomic mass is 16.6. The van der Waals surface area contributed by atoms with E-state index in [0.717, 1.165) is 12.0 Å². The second-order valence-corrected chi connectivity index (χ2v) is 14.1. The molecule has 2 fully saturated rings. The Morgan fingerprint density at radius 1 is 1.18 bits per heavy atom. The largest absolute Gasteiger partial charge is 0.458 e. The Hall–Kier alpha value is -3.71. The second-order valence-electron chi connectivity index (χ2n) is 14.1. The van der Waals surface area contributed by atoms with Gasteiger partial charge >= 0.3 is 12.1 Å². The van der Waals surface area contributed by atoms with Gasteiger partial charge in [-0.05, 0) is 70.4 Å². The Balaban J connectivity index is 1.57. The van der Waals surface area contributed by atoms with E-state index in [-0.39, 0.29) is 24.3 Å². The molecule has 1 amide bonds. The third-order valence-electron chi connectivity index (χ3n) is 10.7. The molecule has 0 saturated carbocycles. The van der Waals surface area contributed by atoms with E-state index in [1.165, 1.54) is 0 Å². The van der Waals surface area contributed by atoms with E-state index in [0.29, 0.717) is 37.3 Å². The van der Waals surface area contributed by atoms with E-state index in [1.54, 1.807) is 30.5 Å². The molecule has 12 nitrogen and oxygen atoms in total. The molecule has 49 heavy (non-hydrogen) atoms. The molecule has 1 aromatic heterocycles. The number of nitrogens with two attached hydrogens (primary N) is 1. The van der Waals surface area contributed by atoms with Crippen LogP contribution in [0.15, 0.2) is 42.6 Å². The van der Waals surface area contributed by atoms with E-state index >= 15 is 0 Å². The normalized spacial score (nSPS) is 32.7. The van der Waals surface area contributed by atoms with Gasteiger partial charge in [-0.2, -0.15) is 0 Å². The number of hydrogen-bond donors (Lipinski definition) is 2. The SMILES string of the molecule is [B][C@@]1(C(C)OC)CC[C@@H](C)CN[C@H](C)[C@H]2N(C/C=C/Cn3cc(-c4cccc(N)c4)nn3)C(=O)O[C@]2(C)[C@@H](CC)OC(=O)[C@H](C)C(=O)[C@@H]1C. The minimum atomic E-state index is -1.19. The second kappa shape index (κ2) is 15.9. The van der Waals surface area contributed by atoms with Gasteiger partial charge in [-0.15, -0.1) is 5.10 Å². The summed E-state index contributed by atoms with van der Waals surface area (Å²) in [6, 6.07) is 6.73. The van der Waals surface area contributed by atoms with Gasteiger partial charge in [-0.25, -0.2) is 9.48 Å². The number of ether oxygens (including phenoxy) is 3. The standard InChI is InChI=1S/C36H53BN6O6/c1-9-30-35(7)32(43(34(46)49-35)18-11-10-17-42-21-29(40-41-42)27-13-12-14-28(38)19-27)25(5)39-20-22(2)15-16-36(37,26(6)47-8)24(4)31(44)23(3)33(45)48-30/h10-14,19,21-26,30,32,39H,9,15-18,20,38H2,1-8H3/b11-10+/t22-,23-,24+,25-,26?,30-,32-,35-,36+/m1/s1. The quantitative estimate of drug-likeness (QED) is 0.134. The van der Waals surface area contributed by atoms with E-state index in [4.69, 9.17) is 27.8 Å². The summed E-state index contributed by atoms with van der Waals surface area (Å²) < 4.78 is 19.5. The Labute approximate surface area is 291 Å². The number of amides is 1. The van der Waals surface area contributed by atoms with Crippen molar-refractivity contribution >= 4 is 31.4 Å². The number of aromatic nitrogens is 3. The number of nitrogens with one attached hydrogen (secondary N) is 1. The number of benzene rings is 1. The van der Waals surface area contributed by atoms with Crippen molar-refractivity contribution in [2.75, 3.05) is 25.9 Å². The van der Waals surface area contributed by atoms with Crippen LogP contribution in [0, 0.1) is 17.8 Å². The third kappa shape index (κ3) is 8.20. The van der Waals surface area contributed by atoms with Crippen LogP contribution in [0.4, 0.5) is 10.5 Å². The summed E-state index contributed by atoms with van der Waals surface area (Å²) in [5.74, 6) is -2.50. The van der Waals surface area contributed by atoms with E-state index in [2.05, 4.69) is 22.6 Å². The zero-order valence-electron chi connectivity index (χ0n) is 30.2. The number of ketones is 1. The zero-order valence-corrected chi connectivity index (χ0v) is 30.2. The minimum absolute atomic E-state index is 0.191. The van der Waals surface area contributed by atoms with Crippen LogP contribution in [-0.4, -0.2) is 95.7 Å². The summed E-state index contributed by atoms with van der Waals surface area (Å²) >= 11 is 0. The summed E-state index contributed by atoms with van der Waals surface area (Å²) in [7, 11) is 8.51. The maximum Gasteiger partial charge on any atom is 0.411 e. The van der Waals surface area contributed by atoms with Crippen LogP contribution in [0.3, 0.4) is 0 Å². The van der Waals surface area contributed by atoms with Crippen LogP contribution in [0.2, 0.25) is 5.31 Å². The Bertz CT molecular complexity index is 1500. The van der Waals surface area contributed by atoms with Crippen LogP contribution in [-0.2, 0) is 30.3 Å². The molecule has 3 N–H and O–H groups in total. The van der Waals surface area contributed by atoms with Crippen molar-refractivity contribution in [2.24, 2.45) is 17.8 Å². The van der Waals surface area contributed by atoms with Crippen LogP contribution in [0.1, 0.15) is 67.7 Å². The number of Topliss-reactive ketones (excluding diaryl/α,β-unsaturated/α-hetero) is 1. The van der Waals surface area contributed by atoms with E-state index in [1.807, 2.05) is 70.3 Å². The Kier molecular flexibility index (Phi) is 12.4. The monoisotopic (exact) mass is 676 g/mol. The lowest BCUT2D eigenvalue weighted by atomic mass is 9.53. The molecule has 2 aromatic rings. The number of nitrogen functional groups attached to an aromatic ring is 1. The average Bonchev–Trinajstić information content (AvgIpc) is 3.66. The number of nitrogens with zero attached hydrogens (tertiary/aromatic N) is 4. The highest BCUT2D eigenvalue weighted by Crippen LogP contribution is 2.45. The Morgan fingerprint density at radius 2 is 1.90 bits per heavy atom. The molecule has 1 unspecified atom stereocenters. The van der Waals surface area contributed by atoms with Crippen molar-refractivity contribution < 1.29 is 28.6 Å². The van der Waals surface area contributed by atoms with Crippen molar-refractivity contribution in [3.8, 4) is 11.3 Å². The third-order valence-corrected chi connectivity index (χ3v) is 10.7. The maximum atomic E-state index is 13.7. The highest BCUT2D eigenvalue weighted by molar-refractivity contribution is 6.18. The van der Waals surface area contributed by atoms with E-state index < -0.39 is 53.1 Å². The molecule has 3 heterocycles. The van der Waals surface area contributed by atoms with Crippen molar-refractivity contribution in [3.05, 3.63) is 42.6 Å². The molecule has 2 aliphatic rings. The maximum absolute atomic E-state index is 13.7. The number of anilines is 1. The molecule has 13 heteroatoms. The van der Waals surface area contributed by atoms with Gasteiger partial charge in [0, 0.05) is 36.9 Å². The molecule has 1 aromatic carbocycles. The molecule has 2 aliphatic heterocycles. The smallest absolute Gasteiger partial charge is 0.411 e. The topological polar surface area (TPSA) is 151 Å². The summed E-state index contributed by atoms with van der Waals surface area (Å²) in [5, 5.41) is 11.1. The minimum Gasteiger partial charge on any atom is -0.458 e. The number of cyclic esters (lactones) is 1. The predicted molar refractivity (Wildman–Crippen MR) is 189 cm³/mol. The van der Waals surface area contributed by atoms with Crippen LogP contribution >= 0.6 is 0 Å². The molecule has 0 aliphatic carbocycles. The van der Waals surface area contributed by atoms with Crippen LogP contribution < -0.4 is 11.1 Å². The lowest BCUT2D eigenvalue weighted by Gasteiger charge is -2.41. The molecule has 2 radical (unpaired) electrons. The van der Waals surface area contributed by atoms with Gasteiger partial charge in [0.05, 0.1) is 32.7 Å². The van der Waals surface area contributed by atoms with Crippen molar-refractivity contribution in [1.29, 1.82) is 0 Å². The predicted octanol–water partition coefficient (Wildman–Crippen LogP) is 4.60. The van der Waals surface area contributed by atoms with Crippen LogP contribution in [0.25, 0.3) is 11.3 Å². The summed E-state index contributed by atoms with van der Waals surface area (Å²) in [4.78, 5) is 42.6. The molecule has 4 rings (SSSR count). The van der Waals surface area contributed by atoms with Crippen molar-refractivity contribution in [3.63, 3.8) is 0 Å². The van der Waals surface area contributed by atoms with Gasteiger partial charge in [0.15, 0.2) is 5.60 Å². The van der Waals surface area contributed by atoms with Crippen molar-refractivity contribution in [2.45, 2.75) is 109 Å². The first-order chi connectivity index (χ1) is 23.2. The van der Waals surface area contributed by atoms with Gasteiger partial charge in [-0.1, -0.05) is 56.7 Å².